The van der Waals surface area contributed by atoms with Crippen molar-refractivity contribution in [3.05, 3.63) is 0 Å². The smallest absolute Gasteiger partial charge is 0.226 e. The average Bonchev–Trinajstić information content (AvgIpc) is 2.76. The lowest BCUT2D eigenvalue weighted by Crippen LogP contribution is -2.46. The molecule has 4 heteroatoms. The molecule has 1 saturated heterocycles. The van der Waals surface area contributed by atoms with E-state index in [-0.39, 0.29) is 18.4 Å². The molecule has 1 heterocycles. The molecule has 4 unspecified atom stereocenters. The van der Waals surface area contributed by atoms with Gasteiger partial charge in [0.1, 0.15) is 0 Å². The third-order valence-electron chi connectivity index (χ3n) is 5.79. The van der Waals surface area contributed by atoms with Gasteiger partial charge in [0.15, 0.2) is 0 Å². The van der Waals surface area contributed by atoms with E-state index in [9.17, 15) is 4.79 Å². The number of halogens is 1. The molecule has 0 spiro atoms. The fourth-order valence-electron chi connectivity index (χ4n) is 5.08. The molecular weight excluding hydrogens is 248 g/mol. The number of nitrogens with zero attached hydrogens (tertiary/aromatic N) is 1. The van der Waals surface area contributed by atoms with E-state index in [4.69, 9.17) is 5.73 Å². The zero-order valence-electron chi connectivity index (χ0n) is 10.8. The molecule has 102 valence electrons. The van der Waals surface area contributed by atoms with Crippen molar-refractivity contribution >= 4 is 18.3 Å². The van der Waals surface area contributed by atoms with E-state index in [1.165, 1.54) is 19.3 Å². The number of hydrogen-bond donors (Lipinski definition) is 1. The lowest BCUT2D eigenvalue weighted by atomic mass is 10.00. The highest BCUT2D eigenvalue weighted by molar-refractivity contribution is 5.85. The number of carbonyl (C=O) groups is 1. The van der Waals surface area contributed by atoms with Gasteiger partial charge in [0, 0.05) is 25.0 Å². The first kappa shape index (κ1) is 12.7. The van der Waals surface area contributed by atoms with E-state index in [2.05, 4.69) is 4.90 Å². The molecule has 3 saturated carbocycles. The van der Waals surface area contributed by atoms with E-state index in [1.807, 2.05) is 0 Å². The van der Waals surface area contributed by atoms with Crippen LogP contribution in [0.1, 0.15) is 32.1 Å². The molecule has 0 radical (unpaired) electrons. The summed E-state index contributed by atoms with van der Waals surface area (Å²) in [6.45, 7) is 1.77. The summed E-state index contributed by atoms with van der Waals surface area (Å²) < 4.78 is 0. The van der Waals surface area contributed by atoms with Gasteiger partial charge in [0.2, 0.25) is 5.91 Å². The molecule has 5 atom stereocenters. The van der Waals surface area contributed by atoms with Crippen LogP contribution in [0.2, 0.25) is 0 Å². The number of hydrogen-bond acceptors (Lipinski definition) is 2. The SMILES string of the molecule is Cl.N[C@@H]1CCCN(C(=O)C2C3C4CCC(C4)C23)C1. The summed E-state index contributed by atoms with van der Waals surface area (Å²) in [6, 6.07) is 0.225. The van der Waals surface area contributed by atoms with Crippen LogP contribution < -0.4 is 5.73 Å². The van der Waals surface area contributed by atoms with Crippen molar-refractivity contribution in [3.63, 3.8) is 0 Å². The molecule has 3 aliphatic carbocycles. The van der Waals surface area contributed by atoms with Crippen LogP contribution in [-0.4, -0.2) is 29.9 Å². The molecule has 18 heavy (non-hydrogen) atoms. The monoisotopic (exact) mass is 270 g/mol. The van der Waals surface area contributed by atoms with E-state index in [0.29, 0.717) is 11.8 Å². The highest BCUT2D eigenvalue weighted by atomic mass is 35.5. The molecule has 2 bridgehead atoms. The van der Waals surface area contributed by atoms with Crippen LogP contribution in [0, 0.1) is 29.6 Å². The lowest BCUT2D eigenvalue weighted by molar-refractivity contribution is -0.134. The minimum Gasteiger partial charge on any atom is -0.341 e. The second-order valence-electron chi connectivity index (χ2n) is 6.70. The number of carbonyl (C=O) groups excluding carboxylic acids is 1. The van der Waals surface area contributed by atoms with E-state index in [0.717, 1.165) is 49.6 Å². The Bertz CT molecular complexity index is 346. The number of fused-ring (bicyclic) bond motifs is 5. The molecule has 2 N–H and O–H groups in total. The van der Waals surface area contributed by atoms with Gasteiger partial charge in [-0.05, 0) is 55.8 Å². The minimum absolute atomic E-state index is 0. The zero-order valence-corrected chi connectivity index (χ0v) is 11.6. The Kier molecular flexibility index (Phi) is 3.10. The molecule has 4 rings (SSSR count). The van der Waals surface area contributed by atoms with Crippen LogP contribution >= 0.6 is 12.4 Å². The predicted molar refractivity (Wildman–Crippen MR) is 72.3 cm³/mol. The van der Waals surface area contributed by atoms with E-state index >= 15 is 0 Å². The van der Waals surface area contributed by atoms with Gasteiger partial charge in [-0.2, -0.15) is 0 Å². The first-order valence-corrected chi connectivity index (χ1v) is 7.30. The molecule has 1 aliphatic heterocycles. The van der Waals surface area contributed by atoms with Crippen molar-refractivity contribution in [2.45, 2.75) is 38.1 Å². The third-order valence-corrected chi connectivity index (χ3v) is 5.79. The number of likely N-dealkylation sites (tertiary alicyclic amines) is 1. The first-order valence-electron chi connectivity index (χ1n) is 7.30. The Morgan fingerprint density at radius 1 is 1.11 bits per heavy atom. The fraction of sp³-hybridized carbons (Fsp3) is 0.929. The van der Waals surface area contributed by atoms with Crippen molar-refractivity contribution in [2.75, 3.05) is 13.1 Å². The molecule has 0 aromatic rings. The van der Waals surface area contributed by atoms with Crippen LogP contribution in [0.15, 0.2) is 0 Å². The highest BCUT2D eigenvalue weighted by Crippen LogP contribution is 2.69. The number of piperidine rings is 1. The first-order chi connectivity index (χ1) is 8.25. The molecule has 1 amide bonds. The second-order valence-corrected chi connectivity index (χ2v) is 6.70. The zero-order chi connectivity index (χ0) is 11.6. The lowest BCUT2D eigenvalue weighted by Gasteiger charge is -2.31. The Labute approximate surface area is 115 Å². The summed E-state index contributed by atoms with van der Waals surface area (Å²) in [6.07, 6.45) is 6.41. The van der Waals surface area contributed by atoms with E-state index in [1.54, 1.807) is 0 Å². The van der Waals surface area contributed by atoms with Crippen molar-refractivity contribution in [1.29, 1.82) is 0 Å². The van der Waals surface area contributed by atoms with Gasteiger partial charge in [0.05, 0.1) is 0 Å². The van der Waals surface area contributed by atoms with Crippen LogP contribution in [0.5, 0.6) is 0 Å². The maximum absolute atomic E-state index is 12.5. The molecule has 4 aliphatic rings. The van der Waals surface area contributed by atoms with Crippen LogP contribution in [0.3, 0.4) is 0 Å². The number of amides is 1. The Balaban J connectivity index is 0.000001000. The standard InChI is InChI=1S/C14H22N2O.ClH/c15-10-2-1-5-16(7-10)14(17)13-11-8-3-4-9(6-8)12(11)13;/h8-13H,1-7,15H2;1H/t8?,9?,10-,11?,12?,13?;/m1./s1. The normalized spacial score (nSPS) is 48.6. The molecule has 3 nitrogen and oxygen atoms in total. The highest BCUT2D eigenvalue weighted by Gasteiger charge is 2.67. The summed E-state index contributed by atoms with van der Waals surface area (Å²) in [5, 5.41) is 0. The summed E-state index contributed by atoms with van der Waals surface area (Å²) >= 11 is 0. The molecule has 0 aromatic carbocycles. The van der Waals surface area contributed by atoms with Gasteiger partial charge in [0.25, 0.3) is 0 Å². The topological polar surface area (TPSA) is 46.3 Å². The van der Waals surface area contributed by atoms with Gasteiger partial charge in [-0.3, -0.25) is 4.79 Å². The summed E-state index contributed by atoms with van der Waals surface area (Å²) in [5.41, 5.74) is 5.97. The quantitative estimate of drug-likeness (QED) is 0.788. The molecule has 0 aromatic heterocycles. The van der Waals surface area contributed by atoms with Gasteiger partial charge < -0.3 is 10.6 Å². The average molecular weight is 271 g/mol. The van der Waals surface area contributed by atoms with Gasteiger partial charge in [-0.15, -0.1) is 12.4 Å². The van der Waals surface area contributed by atoms with Crippen LogP contribution in [0.25, 0.3) is 0 Å². The maximum atomic E-state index is 12.5. The van der Waals surface area contributed by atoms with Crippen LogP contribution in [0.4, 0.5) is 0 Å². The summed E-state index contributed by atoms with van der Waals surface area (Å²) in [7, 11) is 0. The molecule has 4 fully saturated rings. The largest absolute Gasteiger partial charge is 0.341 e. The van der Waals surface area contributed by atoms with E-state index < -0.39 is 0 Å². The van der Waals surface area contributed by atoms with Crippen molar-refractivity contribution < 1.29 is 4.79 Å². The van der Waals surface area contributed by atoms with Crippen LogP contribution in [-0.2, 0) is 4.79 Å². The van der Waals surface area contributed by atoms with Crippen molar-refractivity contribution in [1.82, 2.24) is 4.90 Å². The predicted octanol–water partition coefficient (Wildman–Crippen LogP) is 1.65. The van der Waals surface area contributed by atoms with Crippen molar-refractivity contribution in [2.24, 2.45) is 35.3 Å². The Morgan fingerprint density at radius 2 is 1.78 bits per heavy atom. The summed E-state index contributed by atoms with van der Waals surface area (Å²) in [5.74, 6) is 4.21. The second kappa shape index (κ2) is 4.38. The van der Waals surface area contributed by atoms with Crippen molar-refractivity contribution in [3.8, 4) is 0 Å². The fourth-order valence-corrected chi connectivity index (χ4v) is 5.08. The van der Waals surface area contributed by atoms with Gasteiger partial charge >= 0.3 is 0 Å². The minimum atomic E-state index is 0. The third kappa shape index (κ3) is 1.70. The van der Waals surface area contributed by atoms with Gasteiger partial charge in [-0.25, -0.2) is 0 Å². The summed E-state index contributed by atoms with van der Waals surface area (Å²) in [4.78, 5) is 14.6. The van der Waals surface area contributed by atoms with Gasteiger partial charge in [-0.1, -0.05) is 0 Å². The molecular formula is C14H23ClN2O. The number of nitrogens with two attached hydrogens (primary N) is 1. The Morgan fingerprint density at radius 3 is 2.39 bits per heavy atom. The number of rotatable bonds is 1. The maximum Gasteiger partial charge on any atom is 0.226 e. The Hall–Kier alpha value is -0.280.